The monoisotopic (exact) mass is 367 g/mol. The molecule has 2 heterocycles. The van der Waals surface area contributed by atoms with Gasteiger partial charge < -0.3 is 9.64 Å². The minimum atomic E-state index is -0.437. The average molecular weight is 367 g/mol. The second kappa shape index (κ2) is 7.04. The fourth-order valence-corrected chi connectivity index (χ4v) is 4.07. The summed E-state index contributed by atoms with van der Waals surface area (Å²) in [6.45, 7) is 12.5. The van der Waals surface area contributed by atoms with Crippen LogP contribution in [-0.2, 0) is 11.3 Å². The van der Waals surface area contributed by atoms with Crippen molar-refractivity contribution in [3.63, 3.8) is 0 Å². The second-order valence-electron chi connectivity index (χ2n) is 8.52. The van der Waals surface area contributed by atoms with Crippen LogP contribution in [0.4, 0.5) is 0 Å². The molecule has 5 heteroatoms. The van der Waals surface area contributed by atoms with Crippen LogP contribution >= 0.6 is 0 Å². The first-order chi connectivity index (χ1) is 12.6. The van der Waals surface area contributed by atoms with Gasteiger partial charge in [0, 0.05) is 12.7 Å². The van der Waals surface area contributed by atoms with Crippen LogP contribution in [0.15, 0.2) is 36.5 Å². The molecule has 1 unspecified atom stereocenters. The van der Waals surface area contributed by atoms with Crippen LogP contribution in [0.25, 0.3) is 0 Å². The number of hydrogen-bond donors (Lipinski definition) is 0. The highest BCUT2D eigenvalue weighted by Crippen LogP contribution is 2.41. The Labute approximate surface area is 161 Å². The van der Waals surface area contributed by atoms with Gasteiger partial charge in [-0.05, 0) is 53.5 Å². The summed E-state index contributed by atoms with van der Waals surface area (Å²) in [6.07, 6.45) is 2.43. The first-order valence-electron chi connectivity index (χ1n) is 9.44. The normalized spacial score (nSPS) is 20.4. The van der Waals surface area contributed by atoms with E-state index in [-0.39, 0.29) is 17.6 Å². The van der Waals surface area contributed by atoms with E-state index in [0.717, 1.165) is 12.0 Å². The predicted molar refractivity (Wildman–Crippen MR) is 105 cm³/mol. The minimum absolute atomic E-state index is 0.0408. The Morgan fingerprint density at radius 2 is 1.85 bits per heavy atom. The zero-order chi connectivity index (χ0) is 19.8. The predicted octanol–water partition coefficient (Wildman–Crippen LogP) is 4.08. The van der Waals surface area contributed by atoms with Gasteiger partial charge in [0.15, 0.2) is 0 Å². The third-order valence-electron chi connectivity index (χ3n) is 5.19. The fraction of sp³-hybridized carbons (Fsp3) is 0.500. The third kappa shape index (κ3) is 4.19. The maximum atomic E-state index is 13.6. The van der Waals surface area contributed by atoms with Crippen LogP contribution in [0.3, 0.4) is 0 Å². The molecule has 1 aliphatic rings. The van der Waals surface area contributed by atoms with Crippen molar-refractivity contribution in [2.24, 2.45) is 0 Å². The molecule has 2 aromatic rings. The highest BCUT2D eigenvalue weighted by Gasteiger charge is 2.49. The number of aryl methyl sites for hydroxylation is 2. The van der Waals surface area contributed by atoms with E-state index in [1.165, 1.54) is 0 Å². The van der Waals surface area contributed by atoms with Crippen LogP contribution in [0.2, 0.25) is 0 Å². The fourth-order valence-electron chi connectivity index (χ4n) is 4.07. The van der Waals surface area contributed by atoms with E-state index in [1.807, 2.05) is 49.1 Å². The molecule has 1 atom stereocenters. The number of carbonyl (C=O) groups excluding carboxylic acids is 1. The molecule has 5 nitrogen and oxygen atoms in total. The standard InChI is InChI=1S/C22H29N3O2/c1-15-18(13-23-16(2)24-15)20(26)25(14-17-10-8-7-9-11-17)19-12-21(3,4)27-22(19,5)6/h7-11,13,19H,12,14H2,1-6H3. The van der Waals surface area contributed by atoms with E-state index < -0.39 is 5.60 Å². The molecule has 144 valence electrons. The lowest BCUT2D eigenvalue weighted by molar-refractivity contribution is -0.0785. The molecule has 1 amide bonds. The molecule has 0 aliphatic carbocycles. The van der Waals surface area contributed by atoms with Gasteiger partial charge in [-0.1, -0.05) is 30.3 Å². The topological polar surface area (TPSA) is 55.3 Å². The maximum Gasteiger partial charge on any atom is 0.257 e. The molecule has 1 aromatic heterocycles. The highest BCUT2D eigenvalue weighted by molar-refractivity contribution is 5.95. The largest absolute Gasteiger partial charge is 0.367 e. The SMILES string of the molecule is Cc1ncc(C(=O)N(Cc2ccccc2)C2CC(C)(C)OC2(C)C)c(C)n1. The summed E-state index contributed by atoms with van der Waals surface area (Å²) in [4.78, 5) is 24.1. The van der Waals surface area contributed by atoms with Crippen molar-refractivity contribution in [1.29, 1.82) is 0 Å². The number of nitrogens with zero attached hydrogens (tertiary/aromatic N) is 3. The maximum absolute atomic E-state index is 13.6. The van der Waals surface area contributed by atoms with Gasteiger partial charge in [-0.2, -0.15) is 0 Å². The minimum Gasteiger partial charge on any atom is -0.367 e. The number of hydrogen-bond acceptors (Lipinski definition) is 4. The molecular weight excluding hydrogens is 338 g/mol. The lowest BCUT2D eigenvalue weighted by atomic mass is 9.92. The number of aromatic nitrogens is 2. The summed E-state index contributed by atoms with van der Waals surface area (Å²) in [7, 11) is 0. The van der Waals surface area contributed by atoms with Crippen LogP contribution in [-0.4, -0.2) is 38.0 Å². The summed E-state index contributed by atoms with van der Waals surface area (Å²) in [5, 5.41) is 0. The molecule has 1 saturated heterocycles. The highest BCUT2D eigenvalue weighted by atomic mass is 16.5. The van der Waals surface area contributed by atoms with Gasteiger partial charge in [0.1, 0.15) is 5.82 Å². The van der Waals surface area contributed by atoms with E-state index in [1.54, 1.807) is 6.20 Å². The lowest BCUT2D eigenvalue weighted by Crippen LogP contribution is -2.49. The molecule has 0 saturated carbocycles. The summed E-state index contributed by atoms with van der Waals surface area (Å²) in [5.74, 6) is 0.625. The molecule has 1 aliphatic heterocycles. The number of ether oxygens (including phenoxy) is 1. The quantitative estimate of drug-likeness (QED) is 0.817. The van der Waals surface area contributed by atoms with Gasteiger partial charge in [-0.3, -0.25) is 4.79 Å². The van der Waals surface area contributed by atoms with Gasteiger partial charge in [0.05, 0.1) is 28.5 Å². The Balaban J connectivity index is 2.01. The van der Waals surface area contributed by atoms with Crippen molar-refractivity contribution in [2.45, 2.75) is 71.8 Å². The van der Waals surface area contributed by atoms with E-state index in [9.17, 15) is 4.79 Å². The molecule has 27 heavy (non-hydrogen) atoms. The van der Waals surface area contributed by atoms with Gasteiger partial charge in [0.25, 0.3) is 5.91 Å². The molecular formula is C22H29N3O2. The van der Waals surface area contributed by atoms with Crippen molar-refractivity contribution in [1.82, 2.24) is 14.9 Å². The average Bonchev–Trinajstić information content (AvgIpc) is 2.80. The van der Waals surface area contributed by atoms with Crippen LogP contribution in [0.5, 0.6) is 0 Å². The summed E-state index contributed by atoms with van der Waals surface area (Å²) in [5.41, 5.74) is 1.64. The van der Waals surface area contributed by atoms with E-state index in [2.05, 4.69) is 37.7 Å². The van der Waals surface area contributed by atoms with Gasteiger partial charge in [-0.15, -0.1) is 0 Å². The summed E-state index contributed by atoms with van der Waals surface area (Å²) >= 11 is 0. The van der Waals surface area contributed by atoms with Crippen LogP contribution in [0, 0.1) is 13.8 Å². The van der Waals surface area contributed by atoms with Crippen molar-refractivity contribution in [3.8, 4) is 0 Å². The zero-order valence-corrected chi connectivity index (χ0v) is 17.1. The molecule has 1 aromatic carbocycles. The van der Waals surface area contributed by atoms with E-state index >= 15 is 0 Å². The van der Waals surface area contributed by atoms with Crippen LogP contribution < -0.4 is 0 Å². The van der Waals surface area contributed by atoms with Gasteiger partial charge in [-0.25, -0.2) is 9.97 Å². The molecule has 0 radical (unpaired) electrons. The molecule has 0 spiro atoms. The van der Waals surface area contributed by atoms with Crippen molar-refractivity contribution < 1.29 is 9.53 Å². The molecule has 1 fully saturated rings. The van der Waals surface area contributed by atoms with E-state index in [4.69, 9.17) is 4.74 Å². The Morgan fingerprint density at radius 1 is 1.19 bits per heavy atom. The van der Waals surface area contributed by atoms with Crippen molar-refractivity contribution in [3.05, 3.63) is 59.2 Å². The van der Waals surface area contributed by atoms with Crippen LogP contribution in [0.1, 0.15) is 61.6 Å². The lowest BCUT2D eigenvalue weighted by Gasteiger charge is -2.36. The Kier molecular flexibility index (Phi) is 5.08. The molecule has 3 rings (SSSR count). The van der Waals surface area contributed by atoms with Gasteiger partial charge in [0.2, 0.25) is 0 Å². The van der Waals surface area contributed by atoms with Crippen molar-refractivity contribution >= 4 is 5.91 Å². The number of carbonyl (C=O) groups is 1. The molecule has 0 N–H and O–H groups in total. The number of amides is 1. The molecule has 0 bridgehead atoms. The van der Waals surface area contributed by atoms with Gasteiger partial charge >= 0.3 is 0 Å². The first kappa shape index (κ1) is 19.5. The smallest absolute Gasteiger partial charge is 0.257 e. The number of benzene rings is 1. The van der Waals surface area contributed by atoms with E-state index in [0.29, 0.717) is 23.6 Å². The Bertz CT molecular complexity index is 831. The third-order valence-corrected chi connectivity index (χ3v) is 5.19. The van der Waals surface area contributed by atoms with Crippen molar-refractivity contribution in [2.75, 3.05) is 0 Å². The first-order valence-corrected chi connectivity index (χ1v) is 9.44. The Hall–Kier alpha value is -2.27. The second-order valence-corrected chi connectivity index (χ2v) is 8.52. The zero-order valence-electron chi connectivity index (χ0n) is 17.1. The number of rotatable bonds is 4. The summed E-state index contributed by atoms with van der Waals surface area (Å²) < 4.78 is 6.28. The Morgan fingerprint density at radius 3 is 2.41 bits per heavy atom. The summed E-state index contributed by atoms with van der Waals surface area (Å²) in [6, 6.07) is 10.0.